The monoisotopic (exact) mass is 460 g/mol. The van der Waals surface area contributed by atoms with Gasteiger partial charge in [0.25, 0.3) is 0 Å². The van der Waals surface area contributed by atoms with E-state index in [-0.39, 0.29) is 0 Å². The van der Waals surface area contributed by atoms with Crippen molar-refractivity contribution in [3.63, 3.8) is 0 Å². The third-order valence-electron chi connectivity index (χ3n) is 7.30. The molecule has 2 aliphatic heterocycles. The van der Waals surface area contributed by atoms with E-state index in [9.17, 15) is 8.78 Å². The third-order valence-corrected chi connectivity index (χ3v) is 7.30. The van der Waals surface area contributed by atoms with Crippen molar-refractivity contribution >= 4 is 11.0 Å². The molecule has 0 bridgehead atoms. The number of hydrogen-bond acceptors (Lipinski definition) is 5. The molecule has 2 saturated heterocycles. The van der Waals surface area contributed by atoms with Crippen LogP contribution in [0.2, 0.25) is 0 Å². The van der Waals surface area contributed by atoms with E-state index >= 15 is 0 Å². The summed E-state index contributed by atoms with van der Waals surface area (Å²) in [6, 6.07) is 9.43. The molecule has 0 aliphatic carbocycles. The van der Waals surface area contributed by atoms with Gasteiger partial charge in [0.1, 0.15) is 23.6 Å². The lowest BCUT2D eigenvalue weighted by molar-refractivity contribution is 0.0559. The van der Waals surface area contributed by atoms with Crippen LogP contribution in [0.3, 0.4) is 0 Å². The van der Waals surface area contributed by atoms with E-state index < -0.39 is 11.6 Å². The Morgan fingerprint density at radius 3 is 2.38 bits per heavy atom. The van der Waals surface area contributed by atoms with Gasteiger partial charge in [-0.15, -0.1) is 0 Å². The zero-order valence-electron chi connectivity index (χ0n) is 18.8. The number of piperidine rings is 1. The summed E-state index contributed by atoms with van der Waals surface area (Å²) in [5, 5.41) is 4.12. The van der Waals surface area contributed by atoms with Crippen LogP contribution in [-0.4, -0.2) is 57.6 Å². The second kappa shape index (κ2) is 8.52. The van der Waals surface area contributed by atoms with Gasteiger partial charge in [0.2, 0.25) is 0 Å². The van der Waals surface area contributed by atoms with Crippen LogP contribution < -0.4 is 5.32 Å². The minimum Gasteiger partial charge on any atom is -0.339 e. The number of hydrogen-bond donors (Lipinski definition) is 2. The van der Waals surface area contributed by atoms with Crippen LogP contribution in [0.1, 0.15) is 18.5 Å². The Balaban J connectivity index is 1.17. The second-order valence-electron chi connectivity index (χ2n) is 9.56. The normalized spacial score (nSPS) is 17.8. The number of aromatic nitrogens is 4. The third kappa shape index (κ3) is 4.08. The van der Waals surface area contributed by atoms with Crippen LogP contribution >= 0.6 is 0 Å². The van der Waals surface area contributed by atoms with E-state index in [1.54, 1.807) is 0 Å². The maximum Gasteiger partial charge on any atom is 0.141 e. The number of nitrogens with zero attached hydrogens (tertiary/aromatic N) is 4. The second-order valence-corrected chi connectivity index (χ2v) is 9.56. The zero-order chi connectivity index (χ0) is 23.1. The summed E-state index contributed by atoms with van der Waals surface area (Å²) in [4.78, 5) is 19.1. The quantitative estimate of drug-likeness (QED) is 0.467. The molecule has 1 aromatic carbocycles. The van der Waals surface area contributed by atoms with Crippen molar-refractivity contribution in [2.75, 3.05) is 32.7 Å². The molecule has 5 heterocycles. The van der Waals surface area contributed by atoms with Crippen molar-refractivity contribution in [2.45, 2.75) is 19.3 Å². The lowest BCUT2D eigenvalue weighted by atomic mass is 9.73. The highest BCUT2D eigenvalue weighted by atomic mass is 19.1. The van der Waals surface area contributed by atoms with Crippen LogP contribution in [0.15, 0.2) is 48.9 Å². The number of fused-ring (bicyclic) bond motifs is 1. The molecular formula is C26H26F2N6. The minimum absolute atomic E-state index is 0.376. The Labute approximate surface area is 196 Å². The predicted molar refractivity (Wildman–Crippen MR) is 127 cm³/mol. The molecule has 174 valence electrons. The highest BCUT2D eigenvalue weighted by Crippen LogP contribution is 2.35. The first-order valence-corrected chi connectivity index (χ1v) is 11.8. The number of likely N-dealkylation sites (tertiary alicyclic amines) is 1. The first-order chi connectivity index (χ1) is 16.6. The van der Waals surface area contributed by atoms with Crippen LogP contribution in [-0.2, 0) is 6.42 Å². The fourth-order valence-corrected chi connectivity index (χ4v) is 5.10. The zero-order valence-corrected chi connectivity index (χ0v) is 18.8. The van der Waals surface area contributed by atoms with Crippen LogP contribution in [0.25, 0.3) is 33.5 Å². The molecular weight excluding hydrogens is 434 g/mol. The van der Waals surface area contributed by atoms with Gasteiger partial charge in [-0.3, -0.25) is 4.98 Å². The molecule has 8 heteroatoms. The van der Waals surface area contributed by atoms with E-state index in [4.69, 9.17) is 0 Å². The number of H-pyrrole nitrogens is 1. The van der Waals surface area contributed by atoms with Crippen LogP contribution in [0.5, 0.6) is 0 Å². The summed E-state index contributed by atoms with van der Waals surface area (Å²) >= 11 is 0. The first-order valence-electron chi connectivity index (χ1n) is 11.8. The largest absolute Gasteiger partial charge is 0.339 e. The van der Waals surface area contributed by atoms with Gasteiger partial charge < -0.3 is 15.2 Å². The van der Waals surface area contributed by atoms with Crippen LogP contribution in [0, 0.1) is 17.0 Å². The fraction of sp³-hybridized carbons (Fsp3) is 0.346. The van der Waals surface area contributed by atoms with Crippen molar-refractivity contribution in [1.29, 1.82) is 0 Å². The fourth-order valence-electron chi connectivity index (χ4n) is 5.10. The SMILES string of the molecule is Fc1cc(F)cc(-c2ncnc3[nH]c(-c4ccc(CCN5CCC6(CC5)CNC6)nc4)cc23)c1. The van der Waals surface area contributed by atoms with Crippen molar-refractivity contribution in [2.24, 2.45) is 5.41 Å². The lowest BCUT2D eigenvalue weighted by Gasteiger charge is -2.48. The predicted octanol–water partition coefficient (Wildman–Crippen LogP) is 4.19. The van der Waals surface area contributed by atoms with Gasteiger partial charge in [-0.2, -0.15) is 0 Å². The summed E-state index contributed by atoms with van der Waals surface area (Å²) in [6.07, 6.45) is 6.77. The molecule has 34 heavy (non-hydrogen) atoms. The summed E-state index contributed by atoms with van der Waals surface area (Å²) < 4.78 is 27.5. The van der Waals surface area contributed by atoms with E-state index in [1.165, 1.54) is 57.5 Å². The molecule has 2 N–H and O–H groups in total. The summed E-state index contributed by atoms with van der Waals surface area (Å²) in [7, 11) is 0. The Morgan fingerprint density at radius 1 is 0.912 bits per heavy atom. The molecule has 6 rings (SSSR count). The summed E-state index contributed by atoms with van der Waals surface area (Å²) in [6.45, 7) is 5.75. The van der Waals surface area contributed by atoms with Gasteiger partial charge in [0, 0.05) is 66.2 Å². The van der Waals surface area contributed by atoms with Gasteiger partial charge in [-0.1, -0.05) is 0 Å². The summed E-state index contributed by atoms with van der Waals surface area (Å²) in [5.41, 5.74) is 4.87. The Bertz CT molecular complexity index is 1300. The molecule has 3 aromatic heterocycles. The van der Waals surface area contributed by atoms with Crippen molar-refractivity contribution in [3.8, 4) is 22.5 Å². The van der Waals surface area contributed by atoms with Gasteiger partial charge in [0.15, 0.2) is 0 Å². The summed E-state index contributed by atoms with van der Waals surface area (Å²) in [5.74, 6) is -1.28. The molecule has 0 unspecified atom stereocenters. The van der Waals surface area contributed by atoms with Crippen molar-refractivity contribution in [1.82, 2.24) is 30.2 Å². The molecule has 0 radical (unpaired) electrons. The number of benzene rings is 1. The maximum absolute atomic E-state index is 13.8. The average molecular weight is 461 g/mol. The number of pyridine rings is 1. The highest BCUT2D eigenvalue weighted by Gasteiger charge is 2.39. The Hall–Kier alpha value is -3.23. The minimum atomic E-state index is -0.638. The Kier molecular flexibility index (Phi) is 5.34. The topological polar surface area (TPSA) is 69.7 Å². The molecule has 4 aromatic rings. The molecule has 6 nitrogen and oxygen atoms in total. The van der Waals surface area contributed by atoms with E-state index in [0.29, 0.717) is 27.7 Å². The van der Waals surface area contributed by atoms with Gasteiger partial charge in [0.05, 0.1) is 5.69 Å². The first kappa shape index (κ1) is 21.3. The van der Waals surface area contributed by atoms with Gasteiger partial charge >= 0.3 is 0 Å². The number of aromatic amines is 1. The van der Waals surface area contributed by atoms with Crippen LogP contribution in [0.4, 0.5) is 8.78 Å². The maximum atomic E-state index is 13.8. The molecule has 0 saturated carbocycles. The molecule has 0 atom stereocenters. The van der Waals surface area contributed by atoms with E-state index in [0.717, 1.165) is 36.0 Å². The molecule has 0 amide bonds. The van der Waals surface area contributed by atoms with Gasteiger partial charge in [-0.25, -0.2) is 18.7 Å². The smallest absolute Gasteiger partial charge is 0.141 e. The van der Waals surface area contributed by atoms with Gasteiger partial charge in [-0.05, 0) is 61.7 Å². The van der Waals surface area contributed by atoms with Crippen molar-refractivity contribution in [3.05, 3.63) is 66.3 Å². The molecule has 2 aliphatic rings. The van der Waals surface area contributed by atoms with Crippen molar-refractivity contribution < 1.29 is 8.78 Å². The standard InChI is InChI=1S/C26H26F2N6/c27-19-9-18(10-20(28)11-19)24-22-12-23(33-25(22)32-16-31-24)17-1-2-21(30-13-17)3-6-34-7-4-26(5-8-34)14-29-15-26/h1-2,9-13,16,29H,3-8,14-15H2,(H,31,32,33). The average Bonchev–Trinajstić information content (AvgIpc) is 3.26. The molecule has 2 fully saturated rings. The van der Waals surface area contributed by atoms with E-state index in [2.05, 4.69) is 36.2 Å². The highest BCUT2D eigenvalue weighted by molar-refractivity contribution is 5.94. The molecule has 1 spiro atoms. The Morgan fingerprint density at radius 2 is 1.71 bits per heavy atom. The van der Waals surface area contributed by atoms with E-state index in [1.807, 2.05) is 18.3 Å². The lowest BCUT2D eigenvalue weighted by Crippen LogP contribution is -2.58. The number of nitrogens with one attached hydrogen (secondary N) is 2. The number of rotatable bonds is 5. The number of halogens is 2.